The summed E-state index contributed by atoms with van der Waals surface area (Å²) in [7, 11) is 2.99. The fourth-order valence-corrected chi connectivity index (χ4v) is 5.30. The van der Waals surface area contributed by atoms with Gasteiger partial charge in [0.25, 0.3) is 5.91 Å². The van der Waals surface area contributed by atoms with E-state index in [0.717, 1.165) is 29.3 Å². The van der Waals surface area contributed by atoms with Crippen LogP contribution in [-0.2, 0) is 4.79 Å². The van der Waals surface area contributed by atoms with Gasteiger partial charge >= 0.3 is 0 Å². The Balaban J connectivity index is 1.47. The summed E-state index contributed by atoms with van der Waals surface area (Å²) in [5.41, 5.74) is 2.12. The zero-order chi connectivity index (χ0) is 30.7. The molecule has 1 aliphatic rings. The molecule has 3 heterocycles. The van der Waals surface area contributed by atoms with Gasteiger partial charge in [-0.15, -0.1) is 0 Å². The van der Waals surface area contributed by atoms with Crippen molar-refractivity contribution in [3.63, 3.8) is 0 Å². The zero-order valence-electron chi connectivity index (χ0n) is 24.9. The molecule has 5 rings (SSSR count). The van der Waals surface area contributed by atoms with E-state index in [2.05, 4.69) is 11.1 Å². The van der Waals surface area contributed by atoms with Crippen LogP contribution < -0.4 is 14.2 Å². The fraction of sp³-hybridized carbons (Fsp3) is 0.333. The van der Waals surface area contributed by atoms with Crippen LogP contribution in [0.4, 0.5) is 4.39 Å². The zero-order valence-corrected chi connectivity index (χ0v) is 24.9. The summed E-state index contributed by atoms with van der Waals surface area (Å²) in [4.78, 5) is 19.5. The predicted molar refractivity (Wildman–Crippen MR) is 161 cm³/mol. The molecule has 1 fully saturated rings. The lowest BCUT2D eigenvalue weighted by Gasteiger charge is -2.33. The van der Waals surface area contributed by atoms with Crippen LogP contribution in [0.2, 0.25) is 0 Å². The average Bonchev–Trinajstić information content (AvgIpc) is 3.40. The topological polar surface area (TPSA) is 102 Å². The lowest BCUT2D eigenvalue weighted by molar-refractivity contribution is -0.128. The van der Waals surface area contributed by atoms with Gasteiger partial charge < -0.3 is 19.1 Å². The third-order valence-electron chi connectivity index (χ3n) is 7.26. The van der Waals surface area contributed by atoms with E-state index in [-0.39, 0.29) is 34.4 Å². The van der Waals surface area contributed by atoms with Gasteiger partial charge in [-0.2, -0.15) is 14.8 Å². The summed E-state index contributed by atoms with van der Waals surface area (Å²) in [5, 5.41) is 15.5. The third kappa shape index (κ3) is 6.16. The Morgan fingerprint density at radius 2 is 1.79 bits per heavy atom. The molecule has 1 amide bonds. The molecule has 0 spiro atoms. The number of ether oxygens (including phenoxy) is 3. The molecule has 0 aliphatic carbocycles. The summed E-state index contributed by atoms with van der Waals surface area (Å²) in [5.74, 6) is 0.337. The van der Waals surface area contributed by atoms with E-state index in [4.69, 9.17) is 19.3 Å². The van der Waals surface area contributed by atoms with Crippen LogP contribution in [0.15, 0.2) is 66.5 Å². The highest BCUT2D eigenvalue weighted by Crippen LogP contribution is 2.38. The van der Waals surface area contributed by atoms with Crippen LogP contribution in [0.25, 0.3) is 22.2 Å². The largest absolute Gasteiger partial charge is 0.494 e. The SMILES string of the molecule is COc1cccc(Oc2ccc(-c3nn([C@@H]4CCCN(C(=O)/C(C#N)=C/C(C)(C)C)C4)c4c(OC)cncc34)cc2)c1F. The lowest BCUT2D eigenvalue weighted by Crippen LogP contribution is -2.41. The molecule has 1 aliphatic heterocycles. The summed E-state index contributed by atoms with van der Waals surface area (Å²) in [6, 6.07) is 13.9. The van der Waals surface area contributed by atoms with Crippen LogP contribution >= 0.6 is 0 Å². The Morgan fingerprint density at radius 3 is 2.47 bits per heavy atom. The van der Waals surface area contributed by atoms with Gasteiger partial charge in [0.2, 0.25) is 5.82 Å². The van der Waals surface area contributed by atoms with Crippen LogP contribution in [0.3, 0.4) is 0 Å². The molecule has 9 nitrogen and oxygen atoms in total. The highest BCUT2D eigenvalue weighted by Gasteiger charge is 2.30. The highest BCUT2D eigenvalue weighted by molar-refractivity contribution is 5.98. The van der Waals surface area contributed by atoms with Gasteiger partial charge in [-0.05, 0) is 54.7 Å². The standard InChI is InChI=1S/C33H34FN5O4/c1-33(2,3)16-22(17-35)32(40)38-15-7-8-23(20-38)39-31-25(18-36-19-28(31)42-5)30(37-39)21-11-13-24(14-12-21)43-27-10-6-9-26(41-4)29(27)34/h6,9-14,16,18-19,23H,7-8,15,20H2,1-5H3/b22-16+/t23-/m1/s1. The third-order valence-corrected chi connectivity index (χ3v) is 7.26. The Hall–Kier alpha value is -4.91. The van der Waals surface area contributed by atoms with Crippen LogP contribution in [0, 0.1) is 22.6 Å². The van der Waals surface area contributed by atoms with Gasteiger partial charge in [0.1, 0.15) is 28.6 Å². The molecule has 1 atom stereocenters. The van der Waals surface area contributed by atoms with Crippen LogP contribution in [-0.4, -0.2) is 52.9 Å². The number of methoxy groups -OCH3 is 2. The van der Waals surface area contributed by atoms with Crippen LogP contribution in [0.5, 0.6) is 23.0 Å². The second-order valence-electron chi connectivity index (χ2n) is 11.5. The summed E-state index contributed by atoms with van der Waals surface area (Å²) < 4.78 is 33.1. The first-order valence-corrected chi connectivity index (χ1v) is 14.1. The molecule has 10 heteroatoms. The molecule has 0 saturated carbocycles. The Morgan fingerprint density at radius 1 is 1.07 bits per heavy atom. The van der Waals surface area contributed by atoms with Crippen molar-refractivity contribution in [1.82, 2.24) is 19.7 Å². The van der Waals surface area contributed by atoms with E-state index in [1.54, 1.807) is 48.7 Å². The number of pyridine rings is 1. The maximum absolute atomic E-state index is 14.6. The number of benzene rings is 2. The van der Waals surface area contributed by atoms with Gasteiger partial charge in [0, 0.05) is 24.8 Å². The Labute approximate surface area is 250 Å². The molecule has 222 valence electrons. The molecular formula is C33H34FN5O4. The van der Waals surface area contributed by atoms with E-state index in [9.17, 15) is 14.4 Å². The minimum atomic E-state index is -0.576. The molecule has 0 radical (unpaired) electrons. The van der Waals surface area contributed by atoms with Gasteiger partial charge in [0.05, 0.1) is 31.8 Å². The molecule has 4 aromatic rings. The van der Waals surface area contributed by atoms with Crippen molar-refractivity contribution in [2.75, 3.05) is 27.3 Å². The maximum Gasteiger partial charge on any atom is 0.264 e. The molecule has 1 saturated heterocycles. The summed E-state index contributed by atoms with van der Waals surface area (Å²) >= 11 is 0. The van der Waals surface area contributed by atoms with Crippen molar-refractivity contribution in [1.29, 1.82) is 5.26 Å². The molecular weight excluding hydrogens is 549 g/mol. The maximum atomic E-state index is 14.6. The quantitative estimate of drug-likeness (QED) is 0.176. The number of likely N-dealkylation sites (tertiary alicyclic amines) is 1. The smallest absolute Gasteiger partial charge is 0.264 e. The van der Waals surface area contributed by atoms with Gasteiger partial charge in [0.15, 0.2) is 17.2 Å². The Kier molecular flexibility index (Phi) is 8.35. The van der Waals surface area contributed by atoms with Gasteiger partial charge in [-0.25, -0.2) is 0 Å². The average molecular weight is 584 g/mol. The van der Waals surface area contributed by atoms with Gasteiger partial charge in [-0.3, -0.25) is 14.5 Å². The van der Waals surface area contributed by atoms with Gasteiger partial charge in [-0.1, -0.05) is 32.9 Å². The first-order valence-electron chi connectivity index (χ1n) is 14.1. The van der Waals surface area contributed by atoms with Crippen molar-refractivity contribution in [3.8, 4) is 40.3 Å². The minimum Gasteiger partial charge on any atom is -0.494 e. The number of aromatic nitrogens is 3. The predicted octanol–water partition coefficient (Wildman–Crippen LogP) is 6.71. The summed E-state index contributed by atoms with van der Waals surface area (Å²) in [6.07, 6.45) is 6.69. The molecule has 0 N–H and O–H groups in total. The number of halogens is 1. The monoisotopic (exact) mass is 583 g/mol. The number of hydrogen-bond donors (Lipinski definition) is 0. The number of nitrogens with zero attached hydrogens (tertiary/aromatic N) is 5. The van der Waals surface area contributed by atoms with E-state index in [0.29, 0.717) is 30.3 Å². The summed E-state index contributed by atoms with van der Waals surface area (Å²) in [6.45, 7) is 6.86. The molecule has 43 heavy (non-hydrogen) atoms. The lowest BCUT2D eigenvalue weighted by atomic mass is 9.93. The fourth-order valence-electron chi connectivity index (χ4n) is 5.30. The van der Waals surface area contributed by atoms with Crippen molar-refractivity contribution in [2.24, 2.45) is 5.41 Å². The first-order chi connectivity index (χ1) is 20.6. The minimum absolute atomic E-state index is 0.0593. The second-order valence-corrected chi connectivity index (χ2v) is 11.5. The number of carbonyl (C=O) groups excluding carboxylic acids is 1. The molecule has 0 bridgehead atoms. The number of rotatable bonds is 7. The number of carbonyl (C=O) groups is 1. The molecule has 2 aromatic heterocycles. The Bertz CT molecular complexity index is 1720. The van der Waals surface area contributed by atoms with Crippen molar-refractivity contribution < 1.29 is 23.4 Å². The van der Waals surface area contributed by atoms with E-state index in [1.165, 1.54) is 19.2 Å². The van der Waals surface area contributed by atoms with Crippen molar-refractivity contribution >= 4 is 16.8 Å². The van der Waals surface area contributed by atoms with Crippen LogP contribution in [0.1, 0.15) is 39.7 Å². The molecule has 2 aromatic carbocycles. The van der Waals surface area contributed by atoms with E-state index < -0.39 is 5.82 Å². The number of hydrogen-bond acceptors (Lipinski definition) is 7. The molecule has 0 unspecified atom stereocenters. The number of allylic oxidation sites excluding steroid dienone is 1. The van der Waals surface area contributed by atoms with Crippen molar-refractivity contribution in [2.45, 2.75) is 39.7 Å². The van der Waals surface area contributed by atoms with E-state index >= 15 is 0 Å². The number of nitriles is 1. The highest BCUT2D eigenvalue weighted by atomic mass is 19.1. The number of fused-ring (bicyclic) bond motifs is 1. The number of amides is 1. The normalized spacial score (nSPS) is 15.7. The van der Waals surface area contributed by atoms with E-state index in [1.807, 2.05) is 37.6 Å². The second kappa shape index (κ2) is 12.1. The first kappa shape index (κ1) is 29.6. The van der Waals surface area contributed by atoms with Crippen molar-refractivity contribution in [3.05, 3.63) is 72.3 Å². The number of piperidine rings is 1.